The Morgan fingerprint density at radius 3 is 2.52 bits per heavy atom. The van der Waals surface area contributed by atoms with Crippen molar-refractivity contribution >= 4 is 34.8 Å². The molecule has 1 aliphatic carbocycles. The van der Waals surface area contributed by atoms with Crippen molar-refractivity contribution in [3.05, 3.63) is 58.1 Å². The van der Waals surface area contributed by atoms with Crippen LogP contribution in [0.4, 0.5) is 5.69 Å². The van der Waals surface area contributed by atoms with Gasteiger partial charge in [0.25, 0.3) is 0 Å². The van der Waals surface area contributed by atoms with E-state index < -0.39 is 0 Å². The van der Waals surface area contributed by atoms with Crippen molar-refractivity contribution in [2.24, 2.45) is 10.9 Å². The van der Waals surface area contributed by atoms with Gasteiger partial charge in [-0.15, -0.1) is 0 Å². The van der Waals surface area contributed by atoms with Crippen LogP contribution in [0.25, 0.3) is 0 Å². The van der Waals surface area contributed by atoms with Crippen LogP contribution in [0.3, 0.4) is 0 Å². The van der Waals surface area contributed by atoms with Gasteiger partial charge in [-0.2, -0.15) is 0 Å². The van der Waals surface area contributed by atoms with E-state index in [9.17, 15) is 5.11 Å². The minimum Gasteiger partial charge on any atom is -0.862 e. The molecule has 2 atom stereocenters. The third kappa shape index (κ3) is 5.95. The van der Waals surface area contributed by atoms with Gasteiger partial charge < -0.3 is 24.6 Å². The average molecular weight is 487 g/mol. The van der Waals surface area contributed by atoms with Gasteiger partial charge in [0.2, 0.25) is 0 Å². The number of hydrogen-bond acceptors (Lipinski definition) is 5. The van der Waals surface area contributed by atoms with E-state index in [0.717, 1.165) is 67.5 Å². The van der Waals surface area contributed by atoms with Crippen molar-refractivity contribution in [3.8, 4) is 5.75 Å². The lowest BCUT2D eigenvalue weighted by Crippen LogP contribution is -2.43. The van der Waals surface area contributed by atoms with Crippen molar-refractivity contribution in [3.63, 3.8) is 0 Å². The van der Waals surface area contributed by atoms with Gasteiger partial charge >= 0.3 is 0 Å². The molecule has 0 aromatic heterocycles. The van der Waals surface area contributed by atoms with E-state index in [2.05, 4.69) is 15.9 Å². The zero-order valence-electron chi connectivity index (χ0n) is 18.8. The number of hydrogen-bond donors (Lipinski definition) is 0. The number of nitrogens with zero attached hydrogens (tertiary/aromatic N) is 3. The molecule has 2 aromatic rings. The van der Waals surface area contributed by atoms with Gasteiger partial charge in [-0.25, -0.2) is 0 Å². The van der Waals surface area contributed by atoms with Gasteiger partial charge in [-0.05, 0) is 93.1 Å². The van der Waals surface area contributed by atoms with E-state index in [0.29, 0.717) is 24.1 Å². The Bertz CT molecular complexity index is 990. The van der Waals surface area contributed by atoms with Crippen molar-refractivity contribution in [2.75, 3.05) is 37.6 Å². The van der Waals surface area contributed by atoms with E-state index in [-0.39, 0.29) is 17.9 Å². The maximum absolute atomic E-state index is 13.1. The molecule has 5 nitrogen and oxygen atoms in total. The number of halogens is 2. The maximum Gasteiger partial charge on any atom is 0.138 e. The molecule has 2 heterocycles. The van der Waals surface area contributed by atoms with Crippen molar-refractivity contribution < 1.29 is 9.84 Å². The number of benzene rings is 2. The molecule has 5 rings (SSSR count). The van der Waals surface area contributed by atoms with E-state index in [4.69, 9.17) is 32.9 Å². The summed E-state index contributed by atoms with van der Waals surface area (Å²) >= 11 is 12.5. The molecule has 3 aliphatic rings. The number of rotatable bonds is 9. The van der Waals surface area contributed by atoms with Crippen LogP contribution in [0.2, 0.25) is 10.0 Å². The molecule has 176 valence electrons. The van der Waals surface area contributed by atoms with Gasteiger partial charge in [0.15, 0.2) is 0 Å². The summed E-state index contributed by atoms with van der Waals surface area (Å²) in [4.78, 5) is 9.35. The Morgan fingerprint density at radius 1 is 1.06 bits per heavy atom. The van der Waals surface area contributed by atoms with E-state index >= 15 is 0 Å². The second-order valence-electron chi connectivity index (χ2n) is 9.47. The molecule has 0 radical (unpaired) electrons. The normalized spacial score (nSPS) is 22.3. The van der Waals surface area contributed by atoms with Gasteiger partial charge in [-0.1, -0.05) is 29.3 Å². The summed E-state index contributed by atoms with van der Waals surface area (Å²) in [5.41, 5.74) is 2.20. The first-order valence-electron chi connectivity index (χ1n) is 12.0. The molecule has 3 fully saturated rings. The van der Waals surface area contributed by atoms with Crippen LogP contribution in [0.1, 0.15) is 31.2 Å². The van der Waals surface area contributed by atoms with Crippen LogP contribution in [0.15, 0.2) is 47.5 Å². The second kappa shape index (κ2) is 10.1. The lowest BCUT2D eigenvalue weighted by molar-refractivity contribution is -0.223. The average Bonchev–Trinajstić information content (AvgIpc) is 3.45. The lowest BCUT2D eigenvalue weighted by Gasteiger charge is -2.34. The summed E-state index contributed by atoms with van der Waals surface area (Å²) in [6, 6.07) is 13.7. The second-order valence-corrected chi connectivity index (χ2v) is 10.3. The molecule has 0 bridgehead atoms. The summed E-state index contributed by atoms with van der Waals surface area (Å²) in [5, 5.41) is 14.5. The molecular weight excluding hydrogens is 457 g/mol. The first-order valence-corrected chi connectivity index (χ1v) is 12.7. The zero-order chi connectivity index (χ0) is 22.8. The summed E-state index contributed by atoms with van der Waals surface area (Å²) in [6.07, 6.45) is 5.29. The minimum atomic E-state index is -0.0614. The topological polar surface area (TPSA) is 51.1 Å². The minimum absolute atomic E-state index is 0.0248. The van der Waals surface area contributed by atoms with E-state index in [1.54, 1.807) is 0 Å². The predicted molar refractivity (Wildman–Crippen MR) is 133 cm³/mol. The summed E-state index contributed by atoms with van der Waals surface area (Å²) in [6.45, 7) is 4.56. The SMILES string of the molecule is [O-]C(=NC(Cc1ccc(OC2CC2)c(Cl)c1)CN1CCC1)[C@@H]1CCN(c2ccc(Cl)cc2)C1. The Morgan fingerprint density at radius 2 is 1.85 bits per heavy atom. The van der Waals surface area contributed by atoms with Crippen LogP contribution >= 0.6 is 23.2 Å². The van der Waals surface area contributed by atoms with Crippen molar-refractivity contribution in [1.29, 1.82) is 0 Å². The molecule has 1 saturated carbocycles. The molecule has 7 heteroatoms. The monoisotopic (exact) mass is 486 g/mol. The zero-order valence-corrected chi connectivity index (χ0v) is 20.3. The highest BCUT2D eigenvalue weighted by Gasteiger charge is 2.26. The fraction of sp³-hybridized carbons (Fsp3) is 0.500. The third-order valence-electron chi connectivity index (χ3n) is 6.74. The molecular formula is C26H30Cl2N3O2-. The fourth-order valence-corrected chi connectivity index (χ4v) is 4.93. The highest BCUT2D eigenvalue weighted by molar-refractivity contribution is 6.32. The van der Waals surface area contributed by atoms with E-state index in [1.165, 1.54) is 6.42 Å². The Balaban J connectivity index is 1.25. The first kappa shape index (κ1) is 22.8. The smallest absolute Gasteiger partial charge is 0.138 e. The summed E-state index contributed by atoms with van der Waals surface area (Å²) < 4.78 is 5.86. The fourth-order valence-electron chi connectivity index (χ4n) is 4.55. The number of anilines is 1. The van der Waals surface area contributed by atoms with Crippen molar-refractivity contribution in [1.82, 2.24) is 4.90 Å². The van der Waals surface area contributed by atoms with Crippen LogP contribution in [-0.2, 0) is 6.42 Å². The largest absolute Gasteiger partial charge is 0.862 e. The molecule has 1 unspecified atom stereocenters. The number of likely N-dealkylation sites (tertiary alicyclic amines) is 1. The summed E-state index contributed by atoms with van der Waals surface area (Å²) in [7, 11) is 0. The molecule has 0 spiro atoms. The number of aliphatic imine (C=N–C) groups is 1. The quantitative estimate of drug-likeness (QED) is 0.388. The highest BCUT2D eigenvalue weighted by atomic mass is 35.5. The van der Waals surface area contributed by atoms with E-state index in [1.807, 2.05) is 36.4 Å². The van der Waals surface area contributed by atoms with Crippen molar-refractivity contribution in [2.45, 2.75) is 44.2 Å². The van der Waals surface area contributed by atoms with Gasteiger partial charge in [0.05, 0.1) is 17.2 Å². The molecule has 0 N–H and O–H groups in total. The van der Waals surface area contributed by atoms with Crippen LogP contribution in [0, 0.1) is 5.92 Å². The first-order chi connectivity index (χ1) is 16.0. The third-order valence-corrected chi connectivity index (χ3v) is 7.29. The molecule has 2 aliphatic heterocycles. The Labute approximate surface area is 206 Å². The van der Waals surface area contributed by atoms with Crippen LogP contribution < -0.4 is 14.7 Å². The van der Waals surface area contributed by atoms with Gasteiger partial charge in [0.1, 0.15) is 5.75 Å². The molecule has 2 saturated heterocycles. The molecule has 33 heavy (non-hydrogen) atoms. The number of ether oxygens (including phenoxy) is 1. The standard InChI is InChI=1S/C26H31Cl2N3O2/c27-20-3-5-22(6-4-20)31-13-10-19(16-31)26(32)29-21(17-30-11-1-12-30)14-18-2-9-25(24(28)15-18)33-23-7-8-23/h2-6,9,15,19,21,23H,1,7-8,10-14,16-17H2,(H,29,32)/p-1/t19-,21?/m1/s1. The Kier molecular flexibility index (Phi) is 7.00. The highest BCUT2D eigenvalue weighted by Crippen LogP contribution is 2.33. The summed E-state index contributed by atoms with van der Waals surface area (Å²) in [5.74, 6) is 0.720. The van der Waals surface area contributed by atoms with Gasteiger partial charge in [-0.3, -0.25) is 0 Å². The Hall–Kier alpha value is -1.95. The predicted octanol–water partition coefficient (Wildman–Crippen LogP) is 4.44. The molecule has 2 aromatic carbocycles. The maximum atomic E-state index is 13.1. The van der Waals surface area contributed by atoms with Gasteiger partial charge in [0, 0.05) is 36.3 Å². The van der Waals surface area contributed by atoms with Crippen LogP contribution in [-0.4, -0.2) is 55.7 Å². The molecule has 0 amide bonds. The van der Waals surface area contributed by atoms with Crippen LogP contribution in [0.5, 0.6) is 5.75 Å². The lowest BCUT2D eigenvalue weighted by atomic mass is 10.0.